The third-order valence-electron chi connectivity index (χ3n) is 0.354. The number of rotatable bonds is 0. The Hall–Kier alpha value is 0.978. The van der Waals surface area contributed by atoms with E-state index in [1.54, 1.807) is 0 Å². The minimum absolute atomic E-state index is 0. The smallest absolute Gasteiger partial charge is 0 e. The van der Waals surface area contributed by atoms with Crippen molar-refractivity contribution < 1.29 is 21.1 Å². The molecule has 0 atom stereocenters. The van der Waals surface area contributed by atoms with Gasteiger partial charge in [-0.25, -0.2) is 0 Å². The second kappa shape index (κ2) is 4.98. The SMILES string of the molecule is C1CC1.Cl.[Pt]. The van der Waals surface area contributed by atoms with Crippen molar-refractivity contribution in [2.45, 2.75) is 19.3 Å². The molecule has 0 aromatic heterocycles. The maximum Gasteiger partial charge on any atom is 0 e. The molecule has 2 heteroatoms. The summed E-state index contributed by atoms with van der Waals surface area (Å²) in [5.74, 6) is 0. The first-order chi connectivity index (χ1) is 1.50. The number of hydrogen-bond donors (Lipinski definition) is 0. The molecule has 0 amide bonds. The van der Waals surface area contributed by atoms with Crippen LogP contribution in [-0.2, 0) is 21.1 Å². The van der Waals surface area contributed by atoms with Crippen LogP contribution in [0.15, 0.2) is 0 Å². The van der Waals surface area contributed by atoms with Crippen molar-refractivity contribution in [3.05, 3.63) is 0 Å². The first kappa shape index (κ1) is 9.36. The topological polar surface area (TPSA) is 0 Å². The van der Waals surface area contributed by atoms with Gasteiger partial charge in [0.1, 0.15) is 0 Å². The van der Waals surface area contributed by atoms with Gasteiger partial charge < -0.3 is 0 Å². The van der Waals surface area contributed by atoms with Crippen LogP contribution in [-0.4, -0.2) is 0 Å². The predicted octanol–water partition coefficient (Wildman–Crippen LogP) is 1.59. The third-order valence-corrected chi connectivity index (χ3v) is 0.354. The van der Waals surface area contributed by atoms with Gasteiger partial charge in [-0.15, -0.1) is 12.4 Å². The first-order valence-electron chi connectivity index (χ1n) is 1.50. The molecular formula is C3H7ClPt. The third kappa shape index (κ3) is 11.3. The van der Waals surface area contributed by atoms with Crippen molar-refractivity contribution in [1.82, 2.24) is 0 Å². The van der Waals surface area contributed by atoms with E-state index in [-0.39, 0.29) is 33.5 Å². The maximum atomic E-state index is 1.50. The number of halogens is 1. The summed E-state index contributed by atoms with van der Waals surface area (Å²) in [6.07, 6.45) is 4.50. The van der Waals surface area contributed by atoms with Gasteiger partial charge in [0.25, 0.3) is 0 Å². The van der Waals surface area contributed by atoms with Gasteiger partial charge in [-0.3, -0.25) is 0 Å². The summed E-state index contributed by atoms with van der Waals surface area (Å²) in [6, 6.07) is 0. The van der Waals surface area contributed by atoms with E-state index in [0.717, 1.165) is 0 Å². The minimum Gasteiger partial charge on any atom is -0.147 e. The standard InChI is InChI=1S/C3H6.ClH.Pt/c1-2-3-1;;/h1-3H2;1H;. The molecule has 0 aromatic carbocycles. The molecular weight excluding hydrogens is 267 g/mol. The molecule has 0 spiro atoms. The minimum atomic E-state index is 0. The van der Waals surface area contributed by atoms with Crippen molar-refractivity contribution in [3.8, 4) is 0 Å². The van der Waals surface area contributed by atoms with Gasteiger partial charge in [0.15, 0.2) is 0 Å². The molecule has 5 heavy (non-hydrogen) atoms. The van der Waals surface area contributed by atoms with E-state index in [1.807, 2.05) is 0 Å². The zero-order valence-corrected chi connectivity index (χ0v) is 5.93. The second-order valence-corrected chi connectivity index (χ2v) is 1.06. The molecule has 0 heterocycles. The van der Waals surface area contributed by atoms with E-state index in [1.165, 1.54) is 19.3 Å². The van der Waals surface area contributed by atoms with Crippen molar-refractivity contribution >= 4 is 12.4 Å². The van der Waals surface area contributed by atoms with Gasteiger partial charge in [-0.1, -0.05) is 19.3 Å². The summed E-state index contributed by atoms with van der Waals surface area (Å²) in [6.45, 7) is 0. The van der Waals surface area contributed by atoms with Gasteiger partial charge in [0.2, 0.25) is 0 Å². The fourth-order valence-electron chi connectivity index (χ4n) is 0. The number of hydrogen-bond acceptors (Lipinski definition) is 0. The van der Waals surface area contributed by atoms with Crippen LogP contribution in [0.2, 0.25) is 0 Å². The largest absolute Gasteiger partial charge is 0.147 e. The fourth-order valence-corrected chi connectivity index (χ4v) is 0. The molecule has 1 aliphatic rings. The molecule has 1 saturated carbocycles. The van der Waals surface area contributed by atoms with E-state index in [0.29, 0.717) is 0 Å². The van der Waals surface area contributed by atoms with Gasteiger partial charge >= 0.3 is 0 Å². The van der Waals surface area contributed by atoms with Crippen LogP contribution >= 0.6 is 12.4 Å². The summed E-state index contributed by atoms with van der Waals surface area (Å²) >= 11 is 0. The molecule has 0 bridgehead atoms. The monoisotopic (exact) mass is 273 g/mol. The second-order valence-electron chi connectivity index (χ2n) is 1.06. The van der Waals surface area contributed by atoms with Gasteiger partial charge in [-0.2, -0.15) is 0 Å². The normalized spacial score (nSPS) is 14.4. The summed E-state index contributed by atoms with van der Waals surface area (Å²) in [5.41, 5.74) is 0. The van der Waals surface area contributed by atoms with E-state index in [2.05, 4.69) is 0 Å². The van der Waals surface area contributed by atoms with Crippen molar-refractivity contribution in [2.24, 2.45) is 0 Å². The average Bonchev–Trinajstić information content (AvgIpc) is 1.46. The summed E-state index contributed by atoms with van der Waals surface area (Å²) in [4.78, 5) is 0. The quantitative estimate of drug-likeness (QED) is 0.629. The molecule has 1 rings (SSSR count). The molecule has 0 saturated heterocycles. The Kier molecular flexibility index (Phi) is 9.32. The Morgan fingerprint density at radius 2 is 1.00 bits per heavy atom. The van der Waals surface area contributed by atoms with Crippen LogP contribution in [0.5, 0.6) is 0 Å². The summed E-state index contributed by atoms with van der Waals surface area (Å²) < 4.78 is 0. The average molecular weight is 274 g/mol. The van der Waals surface area contributed by atoms with E-state index in [9.17, 15) is 0 Å². The van der Waals surface area contributed by atoms with E-state index in [4.69, 9.17) is 0 Å². The van der Waals surface area contributed by atoms with Crippen molar-refractivity contribution in [2.75, 3.05) is 0 Å². The van der Waals surface area contributed by atoms with Crippen molar-refractivity contribution in [1.29, 1.82) is 0 Å². The predicted molar refractivity (Wildman–Crippen MR) is 21.1 cm³/mol. The van der Waals surface area contributed by atoms with E-state index < -0.39 is 0 Å². The molecule has 1 aliphatic carbocycles. The molecule has 1 fully saturated rings. The van der Waals surface area contributed by atoms with Gasteiger partial charge in [-0.05, 0) is 0 Å². The Labute approximate surface area is 53.0 Å². The maximum absolute atomic E-state index is 1.50. The Bertz CT molecular complexity index is 11.6. The van der Waals surface area contributed by atoms with Crippen LogP contribution in [0.4, 0.5) is 0 Å². The van der Waals surface area contributed by atoms with Crippen LogP contribution in [0.1, 0.15) is 19.3 Å². The van der Waals surface area contributed by atoms with Gasteiger partial charge in [0, 0.05) is 21.1 Å². The zero-order chi connectivity index (χ0) is 2.12. The van der Waals surface area contributed by atoms with E-state index >= 15 is 0 Å². The molecule has 0 N–H and O–H groups in total. The molecule has 0 aliphatic heterocycles. The first-order valence-corrected chi connectivity index (χ1v) is 1.50. The van der Waals surface area contributed by atoms with Crippen LogP contribution in [0.25, 0.3) is 0 Å². The van der Waals surface area contributed by atoms with Crippen LogP contribution in [0, 0.1) is 0 Å². The van der Waals surface area contributed by atoms with Crippen LogP contribution in [0.3, 0.4) is 0 Å². The fraction of sp³-hybridized carbons (Fsp3) is 1.00. The molecule has 0 unspecified atom stereocenters. The Morgan fingerprint density at radius 3 is 1.00 bits per heavy atom. The van der Waals surface area contributed by atoms with Crippen LogP contribution < -0.4 is 0 Å². The Balaban J connectivity index is 0. The summed E-state index contributed by atoms with van der Waals surface area (Å²) in [7, 11) is 0. The molecule has 0 aromatic rings. The molecule has 36 valence electrons. The van der Waals surface area contributed by atoms with Gasteiger partial charge in [0.05, 0.1) is 0 Å². The molecule has 0 nitrogen and oxygen atoms in total. The zero-order valence-electron chi connectivity index (χ0n) is 2.85. The molecule has 0 radical (unpaired) electrons. The summed E-state index contributed by atoms with van der Waals surface area (Å²) in [5, 5.41) is 0. The van der Waals surface area contributed by atoms with Crippen molar-refractivity contribution in [3.63, 3.8) is 0 Å². The Morgan fingerprint density at radius 1 is 0.800 bits per heavy atom.